The zero-order valence-electron chi connectivity index (χ0n) is 11.2. The Morgan fingerprint density at radius 1 is 1.24 bits per heavy atom. The predicted molar refractivity (Wildman–Crippen MR) is 76.3 cm³/mol. The lowest BCUT2D eigenvalue weighted by molar-refractivity contribution is -0.187. The van der Waals surface area contributed by atoms with Crippen LogP contribution in [0.5, 0.6) is 0 Å². The van der Waals surface area contributed by atoms with E-state index in [0.29, 0.717) is 40.4 Å². The number of nitrogens with two attached hydrogens (primary N) is 1. The minimum absolute atomic E-state index is 0.154. The van der Waals surface area contributed by atoms with E-state index < -0.39 is 18.0 Å². The van der Waals surface area contributed by atoms with E-state index in [2.05, 4.69) is 9.97 Å². The standard InChI is InChI=1S/C14H15ClF3N3/c15-7-5-10(19)12-11(6-7)20-13(21-12)8-3-1-2-4-9(8)14(16,17)18/h5-6,8-9H,1-4,19H2,(H,20,21). The fourth-order valence-electron chi connectivity index (χ4n) is 3.15. The van der Waals surface area contributed by atoms with Gasteiger partial charge in [-0.2, -0.15) is 13.2 Å². The molecule has 1 aromatic carbocycles. The van der Waals surface area contributed by atoms with Gasteiger partial charge in [-0.3, -0.25) is 0 Å². The molecule has 0 radical (unpaired) electrons. The van der Waals surface area contributed by atoms with Crippen molar-refractivity contribution in [3.05, 3.63) is 23.0 Å². The van der Waals surface area contributed by atoms with Crippen LogP contribution in [0.3, 0.4) is 0 Å². The maximum absolute atomic E-state index is 13.2. The zero-order chi connectivity index (χ0) is 15.2. The summed E-state index contributed by atoms with van der Waals surface area (Å²) in [7, 11) is 0. The monoisotopic (exact) mass is 317 g/mol. The van der Waals surface area contributed by atoms with Crippen molar-refractivity contribution in [2.24, 2.45) is 5.92 Å². The third-order valence-corrected chi connectivity index (χ3v) is 4.35. The molecule has 0 bridgehead atoms. The molecule has 1 aromatic heterocycles. The van der Waals surface area contributed by atoms with Gasteiger partial charge in [0, 0.05) is 10.9 Å². The number of aromatic amines is 1. The van der Waals surface area contributed by atoms with E-state index in [1.807, 2.05) is 0 Å². The molecule has 3 nitrogen and oxygen atoms in total. The van der Waals surface area contributed by atoms with Gasteiger partial charge in [0.05, 0.1) is 17.1 Å². The maximum atomic E-state index is 13.2. The average Bonchev–Trinajstić information content (AvgIpc) is 2.81. The number of benzene rings is 1. The van der Waals surface area contributed by atoms with E-state index in [4.69, 9.17) is 17.3 Å². The van der Waals surface area contributed by atoms with Crippen LogP contribution in [-0.2, 0) is 0 Å². The first-order chi connectivity index (χ1) is 9.86. The van der Waals surface area contributed by atoms with Gasteiger partial charge in [0.25, 0.3) is 0 Å². The van der Waals surface area contributed by atoms with Crippen molar-refractivity contribution in [2.75, 3.05) is 5.73 Å². The van der Waals surface area contributed by atoms with Crippen molar-refractivity contribution in [1.29, 1.82) is 0 Å². The van der Waals surface area contributed by atoms with Crippen LogP contribution in [-0.4, -0.2) is 16.1 Å². The van der Waals surface area contributed by atoms with Crippen LogP contribution in [0.25, 0.3) is 11.0 Å². The molecule has 1 fully saturated rings. The van der Waals surface area contributed by atoms with Crippen LogP contribution in [0.4, 0.5) is 18.9 Å². The van der Waals surface area contributed by atoms with Crippen LogP contribution in [0, 0.1) is 5.92 Å². The topological polar surface area (TPSA) is 54.7 Å². The summed E-state index contributed by atoms with van der Waals surface area (Å²) in [4.78, 5) is 7.28. The second kappa shape index (κ2) is 5.09. The summed E-state index contributed by atoms with van der Waals surface area (Å²) >= 11 is 5.91. The predicted octanol–water partition coefficient (Wildman–Crippen LogP) is 4.63. The smallest absolute Gasteiger partial charge is 0.392 e. The molecule has 7 heteroatoms. The number of halogens is 4. The van der Waals surface area contributed by atoms with Crippen LogP contribution in [0.2, 0.25) is 5.02 Å². The molecule has 1 aliphatic carbocycles. The lowest BCUT2D eigenvalue weighted by Gasteiger charge is -2.31. The SMILES string of the molecule is Nc1cc(Cl)cc2[nH]c(C3CCCCC3C(F)(F)F)nc12. The Labute approximate surface area is 124 Å². The van der Waals surface area contributed by atoms with Gasteiger partial charge in [0.1, 0.15) is 11.3 Å². The molecule has 3 N–H and O–H groups in total. The van der Waals surface area contributed by atoms with E-state index in [-0.39, 0.29) is 6.42 Å². The van der Waals surface area contributed by atoms with Crippen molar-refractivity contribution >= 4 is 28.3 Å². The number of imidazole rings is 1. The molecule has 0 saturated heterocycles. The first-order valence-corrected chi connectivity index (χ1v) is 7.25. The quantitative estimate of drug-likeness (QED) is 0.753. The van der Waals surface area contributed by atoms with Crippen molar-refractivity contribution < 1.29 is 13.2 Å². The summed E-state index contributed by atoms with van der Waals surface area (Å²) in [6.45, 7) is 0. The Kier molecular flexibility index (Phi) is 3.51. The summed E-state index contributed by atoms with van der Waals surface area (Å²) in [6.07, 6.45) is -2.17. The summed E-state index contributed by atoms with van der Waals surface area (Å²) in [5.41, 5.74) is 7.28. The van der Waals surface area contributed by atoms with E-state index >= 15 is 0 Å². The summed E-state index contributed by atoms with van der Waals surface area (Å²) in [5, 5.41) is 0.436. The van der Waals surface area contributed by atoms with E-state index in [0.717, 1.165) is 6.42 Å². The molecule has 21 heavy (non-hydrogen) atoms. The Morgan fingerprint density at radius 2 is 1.95 bits per heavy atom. The van der Waals surface area contributed by atoms with Crippen LogP contribution < -0.4 is 5.73 Å². The fraction of sp³-hybridized carbons (Fsp3) is 0.500. The number of hydrogen-bond acceptors (Lipinski definition) is 2. The van der Waals surface area contributed by atoms with Gasteiger partial charge in [-0.15, -0.1) is 0 Å². The van der Waals surface area contributed by atoms with Gasteiger partial charge in [0.15, 0.2) is 0 Å². The highest BCUT2D eigenvalue weighted by molar-refractivity contribution is 6.31. The van der Waals surface area contributed by atoms with Gasteiger partial charge < -0.3 is 10.7 Å². The molecule has 1 aliphatic rings. The third kappa shape index (κ3) is 2.69. The number of rotatable bonds is 1. The number of nitrogens with one attached hydrogen (secondary N) is 1. The number of anilines is 1. The number of alkyl halides is 3. The summed E-state index contributed by atoms with van der Waals surface area (Å²) in [5.74, 6) is -1.62. The third-order valence-electron chi connectivity index (χ3n) is 4.14. The molecular weight excluding hydrogens is 303 g/mol. The maximum Gasteiger partial charge on any atom is 0.392 e. The van der Waals surface area contributed by atoms with Crippen molar-refractivity contribution in [1.82, 2.24) is 9.97 Å². The highest BCUT2D eigenvalue weighted by Gasteiger charge is 2.46. The molecule has 3 rings (SSSR count). The Morgan fingerprint density at radius 3 is 2.67 bits per heavy atom. The first kappa shape index (κ1) is 14.5. The molecule has 2 aromatic rings. The number of H-pyrrole nitrogens is 1. The van der Waals surface area contributed by atoms with Gasteiger partial charge in [0.2, 0.25) is 0 Å². The molecule has 0 aliphatic heterocycles. The van der Waals surface area contributed by atoms with Gasteiger partial charge >= 0.3 is 6.18 Å². The Balaban J connectivity index is 2.04. The number of aromatic nitrogens is 2. The Bertz CT molecular complexity index is 665. The van der Waals surface area contributed by atoms with E-state index in [1.165, 1.54) is 0 Å². The molecule has 1 heterocycles. The molecule has 0 spiro atoms. The highest BCUT2D eigenvalue weighted by atomic mass is 35.5. The van der Waals surface area contributed by atoms with Crippen molar-refractivity contribution in [3.8, 4) is 0 Å². The molecule has 2 unspecified atom stereocenters. The first-order valence-electron chi connectivity index (χ1n) is 6.87. The van der Waals surface area contributed by atoms with Gasteiger partial charge in [-0.1, -0.05) is 24.4 Å². The van der Waals surface area contributed by atoms with E-state index in [1.54, 1.807) is 12.1 Å². The van der Waals surface area contributed by atoms with Crippen LogP contribution >= 0.6 is 11.6 Å². The lowest BCUT2D eigenvalue weighted by atomic mass is 9.78. The molecule has 1 saturated carbocycles. The number of nitrogen functional groups attached to an aromatic ring is 1. The zero-order valence-corrected chi connectivity index (χ0v) is 11.9. The molecular formula is C14H15ClF3N3. The van der Waals surface area contributed by atoms with Gasteiger partial charge in [-0.05, 0) is 25.0 Å². The Hall–Kier alpha value is -1.43. The number of fused-ring (bicyclic) bond motifs is 1. The minimum atomic E-state index is -4.20. The highest BCUT2D eigenvalue weighted by Crippen LogP contribution is 2.46. The second-order valence-corrected chi connectivity index (χ2v) is 5.99. The van der Waals surface area contributed by atoms with Gasteiger partial charge in [-0.25, -0.2) is 4.98 Å². The van der Waals surface area contributed by atoms with Crippen molar-refractivity contribution in [3.63, 3.8) is 0 Å². The number of nitrogens with zero attached hydrogens (tertiary/aromatic N) is 1. The summed E-state index contributed by atoms with van der Waals surface area (Å²) in [6, 6.07) is 3.19. The fourth-order valence-corrected chi connectivity index (χ4v) is 3.38. The summed E-state index contributed by atoms with van der Waals surface area (Å²) < 4.78 is 39.6. The van der Waals surface area contributed by atoms with Crippen molar-refractivity contribution in [2.45, 2.75) is 37.8 Å². The van der Waals surface area contributed by atoms with Crippen LogP contribution in [0.1, 0.15) is 37.4 Å². The van der Waals surface area contributed by atoms with E-state index in [9.17, 15) is 13.2 Å². The largest absolute Gasteiger partial charge is 0.397 e. The average molecular weight is 318 g/mol. The lowest BCUT2D eigenvalue weighted by Crippen LogP contribution is -2.32. The normalized spacial score (nSPS) is 23.6. The minimum Gasteiger partial charge on any atom is -0.397 e. The number of hydrogen-bond donors (Lipinski definition) is 2. The van der Waals surface area contributed by atoms with Crippen LogP contribution in [0.15, 0.2) is 12.1 Å². The second-order valence-electron chi connectivity index (χ2n) is 5.55. The molecule has 0 amide bonds. The molecule has 114 valence electrons. The molecule has 2 atom stereocenters.